The second kappa shape index (κ2) is 16.9. The fourth-order valence-electron chi connectivity index (χ4n) is 3.79. The monoisotopic (exact) mass is 524 g/mol. The van der Waals surface area contributed by atoms with Crippen LogP contribution in [0.3, 0.4) is 0 Å². The van der Waals surface area contributed by atoms with Crippen LogP contribution in [0.25, 0.3) is 0 Å². The van der Waals surface area contributed by atoms with E-state index in [1.165, 1.54) is 22.3 Å². The van der Waals surface area contributed by atoms with Gasteiger partial charge in [-0.25, -0.2) is 0 Å². The maximum Gasteiger partial charge on any atom is 0.158 e. The Morgan fingerprint density at radius 2 is 1.21 bits per heavy atom. The van der Waals surface area contributed by atoms with E-state index in [2.05, 4.69) is 67.9 Å². The average molecular weight is 526 g/mol. The first kappa shape index (κ1) is 30.4. The molecule has 4 heteroatoms. The van der Waals surface area contributed by atoms with Gasteiger partial charge >= 0.3 is 0 Å². The molecular weight excluding hydrogens is 476 g/mol. The Morgan fingerprint density at radius 3 is 1.70 bits per heavy atom. The summed E-state index contributed by atoms with van der Waals surface area (Å²) in [5, 5.41) is 10.0. The molecule has 3 nitrogen and oxygen atoms in total. The molecule has 1 aliphatic heterocycles. The number of unbranched alkanes of at least 4 members (excludes halogenated alkanes) is 1. The summed E-state index contributed by atoms with van der Waals surface area (Å²) in [6, 6.07) is 0. The Kier molecular flexibility index (Phi) is 15.5. The number of ether oxygens (including phenoxy) is 2. The topological polar surface area (TPSA) is 38.7 Å². The van der Waals surface area contributed by atoms with Crippen molar-refractivity contribution in [2.24, 2.45) is 0 Å². The first-order valence-corrected chi connectivity index (χ1v) is 13.7. The summed E-state index contributed by atoms with van der Waals surface area (Å²) in [7, 11) is 0. The molecule has 1 rings (SSSR count). The number of halogens is 1. The molecule has 0 radical (unpaired) electrons. The molecule has 1 atom stereocenters. The Bertz CT molecular complexity index is 661. The molecule has 1 fully saturated rings. The van der Waals surface area contributed by atoms with E-state index in [1.807, 2.05) is 13.8 Å². The van der Waals surface area contributed by atoms with Crippen LogP contribution in [-0.4, -0.2) is 35.0 Å². The van der Waals surface area contributed by atoms with E-state index in [1.54, 1.807) is 0 Å². The molecule has 1 heterocycles. The predicted octanol–water partition coefficient (Wildman–Crippen LogP) is 8.58. The molecular formula is C29H49BrO3. The Labute approximate surface area is 212 Å². The SMILES string of the molecule is C/C(=C\CC/C=C(\C)CC/C=C(\C)CCC(Br)C(C)(C)O)CC/C=C(\C)CCC1OCCO1. The molecule has 0 bridgehead atoms. The maximum absolute atomic E-state index is 10.0. The lowest BCUT2D eigenvalue weighted by Gasteiger charge is -2.24. The van der Waals surface area contributed by atoms with Crippen LogP contribution >= 0.6 is 15.9 Å². The second-order valence-electron chi connectivity index (χ2n) is 10.2. The third-order valence-electron chi connectivity index (χ3n) is 6.24. The first-order chi connectivity index (χ1) is 15.6. The summed E-state index contributed by atoms with van der Waals surface area (Å²) in [6.07, 6.45) is 20.3. The van der Waals surface area contributed by atoms with Crippen molar-refractivity contribution in [1.29, 1.82) is 0 Å². The molecule has 1 aliphatic rings. The van der Waals surface area contributed by atoms with Gasteiger partial charge in [-0.2, -0.15) is 0 Å². The van der Waals surface area contributed by atoms with Gasteiger partial charge in [-0.15, -0.1) is 0 Å². The molecule has 0 amide bonds. The van der Waals surface area contributed by atoms with Crippen LogP contribution in [0, 0.1) is 0 Å². The van der Waals surface area contributed by atoms with Gasteiger partial charge in [0.25, 0.3) is 0 Å². The minimum absolute atomic E-state index is 0.0121. The molecule has 0 spiro atoms. The van der Waals surface area contributed by atoms with E-state index in [0.29, 0.717) is 0 Å². The van der Waals surface area contributed by atoms with Crippen LogP contribution in [0.2, 0.25) is 0 Å². The van der Waals surface area contributed by atoms with Crippen molar-refractivity contribution in [1.82, 2.24) is 0 Å². The molecule has 0 aromatic rings. The number of alkyl halides is 1. The van der Waals surface area contributed by atoms with Crippen molar-refractivity contribution < 1.29 is 14.6 Å². The molecule has 0 saturated carbocycles. The quantitative estimate of drug-likeness (QED) is 0.125. The maximum atomic E-state index is 10.0. The number of rotatable bonds is 16. The molecule has 1 unspecified atom stereocenters. The summed E-state index contributed by atoms with van der Waals surface area (Å²) in [4.78, 5) is 0.137. The minimum atomic E-state index is -0.664. The van der Waals surface area contributed by atoms with Gasteiger partial charge in [0, 0.05) is 11.2 Å². The highest BCUT2D eigenvalue weighted by Crippen LogP contribution is 2.24. The summed E-state index contributed by atoms with van der Waals surface area (Å²) in [6.45, 7) is 14.1. The van der Waals surface area contributed by atoms with Crippen LogP contribution in [0.5, 0.6) is 0 Å². The molecule has 33 heavy (non-hydrogen) atoms. The third-order valence-corrected chi connectivity index (χ3v) is 7.82. The van der Waals surface area contributed by atoms with Gasteiger partial charge in [0.1, 0.15) is 0 Å². The lowest BCUT2D eigenvalue weighted by atomic mass is 9.98. The standard InChI is InChI=1S/C29H49BrO3/c1-23(13-9-15-25(3)17-19-27(30)29(5,6)31)11-7-8-12-24(2)14-10-16-26(4)18-20-28-32-21-22-33-28/h11-12,15-16,27-28,31H,7-10,13-14,17-22H2,1-6H3/b23-11+,24-12+,25-15+,26-16+. The van der Waals surface area contributed by atoms with E-state index in [9.17, 15) is 5.11 Å². The normalized spacial score (nSPS) is 18.3. The predicted molar refractivity (Wildman–Crippen MR) is 146 cm³/mol. The number of aliphatic hydroxyl groups is 1. The zero-order chi connectivity index (χ0) is 24.7. The van der Waals surface area contributed by atoms with Crippen molar-refractivity contribution >= 4 is 15.9 Å². The summed E-state index contributed by atoms with van der Waals surface area (Å²) in [5.74, 6) is 0. The van der Waals surface area contributed by atoms with Gasteiger partial charge in [0.05, 0.1) is 18.8 Å². The van der Waals surface area contributed by atoms with E-state index >= 15 is 0 Å². The molecule has 1 saturated heterocycles. The highest BCUT2D eigenvalue weighted by atomic mass is 79.9. The minimum Gasteiger partial charge on any atom is -0.389 e. The Hall–Kier alpha value is -0.680. The van der Waals surface area contributed by atoms with Gasteiger partial charge in [0.2, 0.25) is 0 Å². The molecule has 1 N–H and O–H groups in total. The number of hydrogen-bond acceptors (Lipinski definition) is 3. The molecule has 0 aromatic carbocycles. The van der Waals surface area contributed by atoms with Crippen molar-refractivity contribution in [3.8, 4) is 0 Å². The van der Waals surface area contributed by atoms with Gasteiger partial charge in [-0.1, -0.05) is 62.5 Å². The lowest BCUT2D eigenvalue weighted by Crippen LogP contribution is -2.31. The van der Waals surface area contributed by atoms with E-state index in [4.69, 9.17) is 9.47 Å². The smallest absolute Gasteiger partial charge is 0.158 e. The third kappa shape index (κ3) is 15.8. The highest BCUT2D eigenvalue weighted by molar-refractivity contribution is 9.09. The van der Waals surface area contributed by atoms with Crippen LogP contribution in [0.15, 0.2) is 46.6 Å². The highest BCUT2D eigenvalue weighted by Gasteiger charge is 2.23. The lowest BCUT2D eigenvalue weighted by molar-refractivity contribution is -0.0461. The zero-order valence-corrected chi connectivity index (χ0v) is 23.7. The van der Waals surface area contributed by atoms with Crippen molar-refractivity contribution in [3.63, 3.8) is 0 Å². The number of allylic oxidation sites excluding steroid dienone is 8. The zero-order valence-electron chi connectivity index (χ0n) is 22.1. The summed E-state index contributed by atoms with van der Waals surface area (Å²) < 4.78 is 11.0. The van der Waals surface area contributed by atoms with Crippen molar-refractivity contribution in [2.75, 3.05) is 13.2 Å². The first-order valence-electron chi connectivity index (χ1n) is 12.8. The van der Waals surface area contributed by atoms with Gasteiger partial charge < -0.3 is 14.6 Å². The van der Waals surface area contributed by atoms with Gasteiger partial charge in [-0.3, -0.25) is 0 Å². The summed E-state index contributed by atoms with van der Waals surface area (Å²) >= 11 is 3.60. The van der Waals surface area contributed by atoms with E-state index < -0.39 is 5.60 Å². The second-order valence-corrected chi connectivity index (χ2v) is 11.3. The molecule has 0 aliphatic carbocycles. The Balaban J connectivity index is 2.17. The fraction of sp³-hybridized carbons (Fsp3) is 0.724. The van der Waals surface area contributed by atoms with E-state index in [-0.39, 0.29) is 11.1 Å². The van der Waals surface area contributed by atoms with Crippen LogP contribution in [0.1, 0.15) is 106 Å². The van der Waals surface area contributed by atoms with Gasteiger partial charge in [-0.05, 0) is 99.3 Å². The van der Waals surface area contributed by atoms with Crippen LogP contribution < -0.4 is 0 Å². The van der Waals surface area contributed by atoms with Crippen LogP contribution in [0.4, 0.5) is 0 Å². The van der Waals surface area contributed by atoms with Gasteiger partial charge in [0.15, 0.2) is 6.29 Å². The molecule has 0 aromatic heterocycles. The average Bonchev–Trinajstić information content (AvgIpc) is 3.26. The fourth-order valence-corrected chi connectivity index (χ4v) is 4.02. The van der Waals surface area contributed by atoms with E-state index in [0.717, 1.165) is 77.4 Å². The van der Waals surface area contributed by atoms with Crippen LogP contribution in [-0.2, 0) is 9.47 Å². The number of hydrogen-bond donors (Lipinski definition) is 1. The summed E-state index contributed by atoms with van der Waals surface area (Å²) in [5.41, 5.74) is 5.16. The Morgan fingerprint density at radius 1 is 0.788 bits per heavy atom. The van der Waals surface area contributed by atoms with Crippen molar-refractivity contribution in [2.45, 2.75) is 122 Å². The largest absolute Gasteiger partial charge is 0.389 e. The molecule has 190 valence electrons. The van der Waals surface area contributed by atoms with Crippen molar-refractivity contribution in [3.05, 3.63) is 46.6 Å².